The van der Waals surface area contributed by atoms with Crippen LogP contribution in [0.1, 0.15) is 35.5 Å². The Balaban J connectivity index is 1.88. The van der Waals surface area contributed by atoms with E-state index in [4.69, 9.17) is 8.92 Å². The Morgan fingerprint density at radius 3 is 2.39 bits per heavy atom. The Labute approximate surface area is 187 Å². The van der Waals surface area contributed by atoms with Crippen LogP contribution < -0.4 is 8.92 Å². The van der Waals surface area contributed by atoms with Gasteiger partial charge in [-0.05, 0) is 55.1 Å². The minimum Gasteiger partial charge on any atom is -0.497 e. The van der Waals surface area contributed by atoms with E-state index in [0.717, 1.165) is 6.42 Å². The second-order valence-corrected chi connectivity index (χ2v) is 9.48. The maximum atomic E-state index is 13.1. The number of amides is 1. The summed E-state index contributed by atoms with van der Waals surface area (Å²) in [6.45, 7) is 4.22. The molecule has 0 N–H and O–H groups in total. The lowest BCUT2D eigenvalue weighted by atomic mass is 10.1. The molecule has 6 nitrogen and oxygen atoms in total. The summed E-state index contributed by atoms with van der Waals surface area (Å²) in [6.07, 6.45) is 0.768. The summed E-state index contributed by atoms with van der Waals surface area (Å²) in [5, 5.41) is 1.86. The maximum Gasteiger partial charge on any atom is 0.339 e. The number of carbonyl (C=O) groups is 1. The molecule has 0 fully saturated rings. The summed E-state index contributed by atoms with van der Waals surface area (Å²) in [5.74, 6) is 0.665. The van der Waals surface area contributed by atoms with Gasteiger partial charge in [0.25, 0.3) is 5.91 Å². The van der Waals surface area contributed by atoms with Gasteiger partial charge in [0.1, 0.15) is 16.4 Å². The number of thiophene rings is 1. The molecular weight excluding hydrogens is 434 g/mol. The first-order valence-corrected chi connectivity index (χ1v) is 12.2. The number of hydrogen-bond acceptors (Lipinski definition) is 6. The third-order valence-corrected chi connectivity index (χ3v) is 7.08. The van der Waals surface area contributed by atoms with Crippen molar-refractivity contribution >= 4 is 27.4 Å². The minimum absolute atomic E-state index is 0.0246. The zero-order valence-corrected chi connectivity index (χ0v) is 19.3. The molecule has 3 rings (SSSR count). The smallest absolute Gasteiger partial charge is 0.339 e. The van der Waals surface area contributed by atoms with E-state index in [1.807, 2.05) is 25.3 Å². The fourth-order valence-corrected chi connectivity index (χ4v) is 4.64. The summed E-state index contributed by atoms with van der Waals surface area (Å²) < 4.78 is 36.2. The average Bonchev–Trinajstić information content (AvgIpc) is 3.32. The molecule has 1 unspecified atom stereocenters. The highest BCUT2D eigenvalue weighted by atomic mass is 32.2. The largest absolute Gasteiger partial charge is 0.497 e. The van der Waals surface area contributed by atoms with Crippen LogP contribution in [0.2, 0.25) is 0 Å². The number of carbonyl (C=O) groups excluding carboxylic acids is 1. The molecule has 0 aliphatic heterocycles. The Kier molecular flexibility index (Phi) is 7.35. The van der Waals surface area contributed by atoms with E-state index in [2.05, 4.69) is 0 Å². The van der Waals surface area contributed by atoms with Crippen molar-refractivity contribution in [2.45, 2.75) is 37.8 Å². The van der Waals surface area contributed by atoms with Gasteiger partial charge in [0.15, 0.2) is 0 Å². The predicted molar refractivity (Wildman–Crippen MR) is 121 cm³/mol. The van der Waals surface area contributed by atoms with Crippen LogP contribution >= 0.6 is 11.3 Å². The monoisotopic (exact) mass is 459 g/mol. The predicted octanol–water partition coefficient (Wildman–Crippen LogP) is 4.97. The summed E-state index contributed by atoms with van der Waals surface area (Å²) in [5.41, 5.74) is 0.616. The second kappa shape index (κ2) is 9.98. The van der Waals surface area contributed by atoms with E-state index in [-0.39, 0.29) is 29.1 Å². The summed E-state index contributed by atoms with van der Waals surface area (Å²) >= 11 is 1.38. The number of nitrogens with zero attached hydrogens (tertiary/aromatic N) is 1. The average molecular weight is 460 g/mol. The van der Waals surface area contributed by atoms with Crippen molar-refractivity contribution in [3.8, 4) is 11.5 Å². The van der Waals surface area contributed by atoms with E-state index in [1.165, 1.54) is 30.6 Å². The molecule has 0 bridgehead atoms. The van der Waals surface area contributed by atoms with Crippen LogP contribution in [0.4, 0.5) is 0 Å². The molecule has 0 saturated heterocycles. The Hall–Kier alpha value is -2.84. The van der Waals surface area contributed by atoms with Crippen molar-refractivity contribution in [2.75, 3.05) is 7.11 Å². The van der Waals surface area contributed by atoms with Crippen molar-refractivity contribution in [3.05, 3.63) is 76.5 Å². The van der Waals surface area contributed by atoms with Crippen LogP contribution in [-0.4, -0.2) is 32.4 Å². The Morgan fingerprint density at radius 2 is 1.77 bits per heavy atom. The zero-order chi connectivity index (χ0) is 22.4. The first-order chi connectivity index (χ1) is 14.9. The normalized spacial score (nSPS) is 12.2. The van der Waals surface area contributed by atoms with E-state index in [9.17, 15) is 13.2 Å². The fraction of sp³-hybridized carbons (Fsp3) is 0.261. The highest BCUT2D eigenvalue weighted by Gasteiger charge is 2.24. The third kappa shape index (κ3) is 5.45. The number of benzene rings is 2. The molecule has 1 aromatic heterocycles. The molecule has 0 radical (unpaired) electrons. The molecule has 1 atom stereocenters. The zero-order valence-electron chi connectivity index (χ0n) is 17.6. The molecule has 0 aliphatic rings. The summed E-state index contributed by atoms with van der Waals surface area (Å²) in [7, 11) is -2.53. The highest BCUT2D eigenvalue weighted by Crippen LogP contribution is 2.27. The third-order valence-electron chi connectivity index (χ3n) is 4.98. The lowest BCUT2D eigenvalue weighted by Crippen LogP contribution is -2.37. The van der Waals surface area contributed by atoms with Gasteiger partial charge in [-0.15, -0.1) is 11.3 Å². The number of ether oxygens (including phenoxy) is 1. The second-order valence-electron chi connectivity index (χ2n) is 6.99. The van der Waals surface area contributed by atoms with Crippen LogP contribution in [0.5, 0.6) is 11.5 Å². The molecule has 0 saturated carbocycles. The SMILES string of the molecule is CCC(C)N(Cc1ccccc1OS(=O)(=O)c1ccc(OC)cc1)C(=O)c1cccs1. The molecule has 0 spiro atoms. The lowest BCUT2D eigenvalue weighted by Gasteiger charge is -2.29. The van der Waals surface area contributed by atoms with Crippen LogP contribution in [0.15, 0.2) is 70.9 Å². The summed E-state index contributed by atoms with van der Waals surface area (Å²) in [4.78, 5) is 15.5. The number of hydrogen-bond donors (Lipinski definition) is 0. The van der Waals surface area contributed by atoms with Gasteiger partial charge in [-0.3, -0.25) is 4.79 Å². The molecule has 8 heteroatoms. The van der Waals surface area contributed by atoms with E-state index in [0.29, 0.717) is 16.2 Å². The van der Waals surface area contributed by atoms with Crippen LogP contribution in [0, 0.1) is 0 Å². The van der Waals surface area contributed by atoms with Gasteiger partial charge in [0.05, 0.1) is 12.0 Å². The topological polar surface area (TPSA) is 72.9 Å². The molecular formula is C23H25NO5S2. The van der Waals surface area contributed by atoms with Crippen LogP contribution in [0.25, 0.3) is 0 Å². The molecule has 2 aromatic carbocycles. The van der Waals surface area contributed by atoms with Crippen LogP contribution in [0.3, 0.4) is 0 Å². The van der Waals surface area contributed by atoms with Crippen LogP contribution in [-0.2, 0) is 16.7 Å². The number of rotatable bonds is 9. The Morgan fingerprint density at radius 1 is 1.06 bits per heavy atom. The quantitative estimate of drug-likeness (QED) is 0.423. The standard InChI is InChI=1S/C23H25NO5S2/c1-4-17(2)24(23(25)22-10-7-15-30-22)16-18-8-5-6-9-21(18)29-31(26,27)20-13-11-19(28-3)12-14-20/h5-15,17H,4,16H2,1-3H3. The summed E-state index contributed by atoms with van der Waals surface area (Å²) in [6, 6.07) is 16.5. The van der Waals surface area contributed by atoms with Gasteiger partial charge >= 0.3 is 10.1 Å². The lowest BCUT2D eigenvalue weighted by molar-refractivity contribution is 0.0676. The molecule has 3 aromatic rings. The highest BCUT2D eigenvalue weighted by molar-refractivity contribution is 7.87. The minimum atomic E-state index is -4.04. The van der Waals surface area contributed by atoms with E-state index < -0.39 is 10.1 Å². The van der Waals surface area contributed by atoms with E-state index >= 15 is 0 Å². The molecule has 1 heterocycles. The van der Waals surface area contributed by atoms with Crippen molar-refractivity contribution in [2.24, 2.45) is 0 Å². The van der Waals surface area contributed by atoms with Gasteiger partial charge in [-0.1, -0.05) is 31.2 Å². The van der Waals surface area contributed by atoms with Crippen molar-refractivity contribution in [1.29, 1.82) is 0 Å². The number of methoxy groups -OCH3 is 1. The molecule has 0 aliphatic carbocycles. The van der Waals surface area contributed by atoms with Gasteiger partial charge in [-0.2, -0.15) is 8.42 Å². The molecule has 164 valence electrons. The first kappa shape index (κ1) is 22.8. The Bertz CT molecular complexity index is 1110. The van der Waals surface area contributed by atoms with Gasteiger partial charge in [-0.25, -0.2) is 0 Å². The molecule has 31 heavy (non-hydrogen) atoms. The number of para-hydroxylation sites is 1. The van der Waals surface area contributed by atoms with Crippen molar-refractivity contribution in [1.82, 2.24) is 4.90 Å². The van der Waals surface area contributed by atoms with Gasteiger partial charge in [0.2, 0.25) is 0 Å². The fourth-order valence-electron chi connectivity index (χ4n) is 3.00. The van der Waals surface area contributed by atoms with Crippen molar-refractivity contribution < 1.29 is 22.1 Å². The first-order valence-electron chi connectivity index (χ1n) is 9.86. The van der Waals surface area contributed by atoms with Crippen molar-refractivity contribution in [3.63, 3.8) is 0 Å². The van der Waals surface area contributed by atoms with Gasteiger partial charge < -0.3 is 13.8 Å². The van der Waals surface area contributed by atoms with Gasteiger partial charge in [0, 0.05) is 18.2 Å². The maximum absolute atomic E-state index is 13.1. The van der Waals surface area contributed by atoms with E-state index in [1.54, 1.807) is 47.4 Å². The molecule has 1 amide bonds.